The van der Waals surface area contributed by atoms with Crippen LogP contribution in [0.2, 0.25) is 0 Å². The molecule has 0 bridgehead atoms. The Morgan fingerprint density at radius 3 is 2.41 bits per heavy atom. The van der Waals surface area contributed by atoms with Crippen LogP contribution in [0.25, 0.3) is 0 Å². The van der Waals surface area contributed by atoms with Crippen molar-refractivity contribution in [2.45, 2.75) is 6.92 Å². The van der Waals surface area contributed by atoms with Crippen LogP contribution in [-0.2, 0) is 9.53 Å². The smallest absolute Gasteiger partial charge is 0.342 e. The average molecular weight is 302 g/mol. The largest absolute Gasteiger partial charge is 0.469 e. The van der Waals surface area contributed by atoms with Gasteiger partial charge in [0.05, 0.1) is 6.26 Å². The summed E-state index contributed by atoms with van der Waals surface area (Å²) in [6, 6.07) is 8.85. The molecule has 116 valence electrons. The lowest BCUT2D eigenvalue weighted by Crippen LogP contribution is -2.21. The summed E-state index contributed by atoms with van der Waals surface area (Å²) in [6.07, 6.45) is 1.40. The molecule has 0 aliphatic carbocycles. The highest BCUT2D eigenvalue weighted by Gasteiger charge is 2.14. The normalized spacial score (nSPS) is 10.1. The van der Waals surface area contributed by atoms with Crippen LogP contribution in [0.5, 0.6) is 0 Å². The van der Waals surface area contributed by atoms with E-state index in [1.807, 2.05) is 31.1 Å². The van der Waals surface area contributed by atoms with E-state index < -0.39 is 11.9 Å². The third-order valence-corrected chi connectivity index (χ3v) is 3.08. The Bertz CT molecular complexity index is 659. The van der Waals surface area contributed by atoms with Gasteiger partial charge in [0.1, 0.15) is 11.3 Å². The van der Waals surface area contributed by atoms with Crippen LogP contribution in [0.4, 0.5) is 11.4 Å². The second-order valence-corrected chi connectivity index (χ2v) is 4.96. The molecule has 0 fully saturated rings. The molecule has 0 atom stereocenters. The van der Waals surface area contributed by atoms with Crippen molar-refractivity contribution >= 4 is 23.3 Å². The van der Waals surface area contributed by atoms with Gasteiger partial charge in [-0.2, -0.15) is 0 Å². The minimum atomic E-state index is -0.579. The molecule has 0 aliphatic rings. The summed E-state index contributed by atoms with van der Waals surface area (Å²) in [6.45, 7) is 1.31. The lowest BCUT2D eigenvalue weighted by molar-refractivity contribution is -0.119. The zero-order chi connectivity index (χ0) is 16.1. The maximum atomic E-state index is 11.8. The number of nitrogens with zero attached hydrogens (tertiary/aromatic N) is 1. The van der Waals surface area contributed by atoms with Crippen LogP contribution in [0.3, 0.4) is 0 Å². The van der Waals surface area contributed by atoms with E-state index in [4.69, 9.17) is 9.15 Å². The zero-order valence-electron chi connectivity index (χ0n) is 12.8. The van der Waals surface area contributed by atoms with E-state index in [9.17, 15) is 9.59 Å². The van der Waals surface area contributed by atoms with Crippen molar-refractivity contribution in [2.24, 2.45) is 0 Å². The van der Waals surface area contributed by atoms with E-state index in [1.165, 1.54) is 12.3 Å². The van der Waals surface area contributed by atoms with Crippen molar-refractivity contribution in [1.82, 2.24) is 0 Å². The Hall–Kier alpha value is -2.76. The van der Waals surface area contributed by atoms with Crippen molar-refractivity contribution in [3.05, 3.63) is 47.9 Å². The Balaban J connectivity index is 1.85. The van der Waals surface area contributed by atoms with E-state index in [2.05, 4.69) is 5.32 Å². The van der Waals surface area contributed by atoms with E-state index in [1.54, 1.807) is 19.1 Å². The molecular weight excluding hydrogens is 284 g/mol. The lowest BCUT2D eigenvalue weighted by Gasteiger charge is -2.13. The van der Waals surface area contributed by atoms with Gasteiger partial charge in [-0.05, 0) is 37.3 Å². The summed E-state index contributed by atoms with van der Waals surface area (Å²) in [7, 11) is 3.87. The first kappa shape index (κ1) is 15.6. The number of amides is 1. The average Bonchev–Trinajstić information content (AvgIpc) is 2.91. The molecule has 1 heterocycles. The summed E-state index contributed by atoms with van der Waals surface area (Å²) in [5, 5.41) is 2.67. The number of carbonyl (C=O) groups is 2. The number of benzene rings is 1. The molecule has 6 nitrogen and oxygen atoms in total. The molecule has 1 aromatic carbocycles. The van der Waals surface area contributed by atoms with Gasteiger partial charge in [0, 0.05) is 25.5 Å². The van der Waals surface area contributed by atoms with Crippen LogP contribution in [0.1, 0.15) is 16.1 Å². The van der Waals surface area contributed by atoms with E-state index in [0.29, 0.717) is 17.0 Å². The second-order valence-electron chi connectivity index (χ2n) is 4.96. The predicted molar refractivity (Wildman–Crippen MR) is 83.1 cm³/mol. The number of hydrogen-bond acceptors (Lipinski definition) is 5. The minimum absolute atomic E-state index is 0.322. The molecule has 0 saturated carbocycles. The van der Waals surface area contributed by atoms with Crippen molar-refractivity contribution in [3.63, 3.8) is 0 Å². The number of ether oxygens (including phenoxy) is 1. The summed E-state index contributed by atoms with van der Waals surface area (Å²) >= 11 is 0. The molecule has 1 N–H and O–H groups in total. The van der Waals surface area contributed by atoms with Crippen LogP contribution < -0.4 is 10.2 Å². The Labute approximate surface area is 128 Å². The number of hydrogen-bond donors (Lipinski definition) is 1. The topological polar surface area (TPSA) is 71.8 Å². The van der Waals surface area contributed by atoms with Gasteiger partial charge in [0.2, 0.25) is 0 Å². The fraction of sp³-hybridized carbons (Fsp3) is 0.250. The molecule has 22 heavy (non-hydrogen) atoms. The Morgan fingerprint density at radius 1 is 1.18 bits per heavy atom. The lowest BCUT2D eigenvalue weighted by atomic mass is 10.2. The second kappa shape index (κ2) is 6.80. The van der Waals surface area contributed by atoms with E-state index in [-0.39, 0.29) is 6.61 Å². The number of anilines is 2. The minimum Gasteiger partial charge on any atom is -0.469 e. The van der Waals surface area contributed by atoms with Gasteiger partial charge in [0.25, 0.3) is 5.91 Å². The van der Waals surface area contributed by atoms with Gasteiger partial charge in [-0.1, -0.05) is 0 Å². The van der Waals surface area contributed by atoms with Gasteiger partial charge in [-0.15, -0.1) is 0 Å². The van der Waals surface area contributed by atoms with Crippen molar-refractivity contribution in [3.8, 4) is 0 Å². The number of esters is 1. The summed E-state index contributed by atoms with van der Waals surface area (Å²) in [5.74, 6) is -0.513. The molecule has 0 unspecified atom stereocenters. The SMILES string of the molecule is Cc1occc1C(=O)OCC(=O)Nc1ccc(N(C)C)cc1. The maximum Gasteiger partial charge on any atom is 0.342 e. The van der Waals surface area contributed by atoms with Crippen LogP contribution >= 0.6 is 0 Å². The van der Waals surface area contributed by atoms with Gasteiger partial charge in [0.15, 0.2) is 6.61 Å². The van der Waals surface area contributed by atoms with Gasteiger partial charge >= 0.3 is 5.97 Å². The molecule has 0 saturated heterocycles. The summed E-state index contributed by atoms with van der Waals surface area (Å²) < 4.78 is 9.96. The molecule has 0 radical (unpaired) electrons. The Morgan fingerprint density at radius 2 is 1.86 bits per heavy atom. The molecule has 0 spiro atoms. The monoisotopic (exact) mass is 302 g/mol. The number of furan rings is 1. The standard InChI is InChI=1S/C16H18N2O4/c1-11-14(8-9-21-11)16(20)22-10-15(19)17-12-4-6-13(7-5-12)18(2)3/h4-9H,10H2,1-3H3,(H,17,19). The number of carbonyl (C=O) groups excluding carboxylic acids is 2. The van der Waals surface area contributed by atoms with Crippen molar-refractivity contribution in [2.75, 3.05) is 30.9 Å². The maximum absolute atomic E-state index is 11.8. The first-order valence-corrected chi connectivity index (χ1v) is 6.76. The van der Waals surface area contributed by atoms with E-state index in [0.717, 1.165) is 5.69 Å². The van der Waals surface area contributed by atoms with Crippen molar-refractivity contribution in [1.29, 1.82) is 0 Å². The number of rotatable bonds is 5. The first-order valence-electron chi connectivity index (χ1n) is 6.76. The molecule has 6 heteroatoms. The predicted octanol–water partition coefficient (Wildman–Crippen LogP) is 2.45. The van der Waals surface area contributed by atoms with Crippen LogP contribution in [0, 0.1) is 6.92 Å². The van der Waals surface area contributed by atoms with Gasteiger partial charge in [-0.25, -0.2) is 4.79 Å². The van der Waals surface area contributed by atoms with Gasteiger partial charge < -0.3 is 19.4 Å². The fourth-order valence-electron chi connectivity index (χ4n) is 1.85. The van der Waals surface area contributed by atoms with E-state index >= 15 is 0 Å². The Kier molecular flexibility index (Phi) is 4.83. The molecule has 1 aromatic heterocycles. The highest BCUT2D eigenvalue weighted by atomic mass is 16.5. The first-order chi connectivity index (χ1) is 10.5. The van der Waals surface area contributed by atoms with Crippen LogP contribution in [0.15, 0.2) is 41.0 Å². The molecule has 2 aromatic rings. The molecular formula is C16H18N2O4. The highest BCUT2D eigenvalue weighted by Crippen LogP contribution is 2.15. The summed E-state index contributed by atoms with van der Waals surface area (Å²) in [4.78, 5) is 25.5. The number of nitrogens with one attached hydrogen (secondary N) is 1. The fourth-order valence-corrected chi connectivity index (χ4v) is 1.85. The molecule has 1 amide bonds. The number of aryl methyl sites for hydroxylation is 1. The van der Waals surface area contributed by atoms with Gasteiger partial charge in [-0.3, -0.25) is 4.79 Å². The zero-order valence-corrected chi connectivity index (χ0v) is 12.8. The third-order valence-electron chi connectivity index (χ3n) is 3.08. The molecule has 2 rings (SSSR count). The highest BCUT2D eigenvalue weighted by molar-refractivity contribution is 5.95. The van der Waals surface area contributed by atoms with Crippen molar-refractivity contribution < 1.29 is 18.7 Å². The van der Waals surface area contributed by atoms with Crippen LogP contribution in [-0.4, -0.2) is 32.6 Å². The summed E-state index contributed by atoms with van der Waals surface area (Å²) in [5.41, 5.74) is 1.99. The molecule has 0 aliphatic heterocycles. The quantitative estimate of drug-likeness (QED) is 0.859. The third kappa shape index (κ3) is 3.88.